The van der Waals surface area contributed by atoms with Gasteiger partial charge < -0.3 is 14.5 Å². The van der Waals surface area contributed by atoms with Crippen molar-refractivity contribution in [1.29, 1.82) is 0 Å². The number of ether oxygens (including phenoxy) is 1. The molecular weight excluding hydrogens is 365 g/mol. The van der Waals surface area contributed by atoms with Gasteiger partial charge >= 0.3 is 5.97 Å². The molecule has 0 radical (unpaired) electrons. The zero-order valence-corrected chi connectivity index (χ0v) is 14.6. The maximum atomic E-state index is 12.2. The molecule has 0 aliphatic carbocycles. The highest BCUT2D eigenvalue weighted by Crippen LogP contribution is 2.31. The van der Waals surface area contributed by atoms with Crippen LogP contribution >= 0.6 is 23.2 Å². The average molecular weight is 378 g/mol. The second kappa shape index (κ2) is 7.17. The molecule has 3 rings (SSSR count). The maximum absolute atomic E-state index is 12.2. The number of hydrogen-bond donors (Lipinski definition) is 1. The van der Waals surface area contributed by atoms with Crippen LogP contribution in [0.5, 0.6) is 0 Å². The van der Waals surface area contributed by atoms with E-state index in [1.54, 1.807) is 49.4 Å². The number of fused-ring (bicyclic) bond motifs is 1. The van der Waals surface area contributed by atoms with E-state index in [2.05, 4.69) is 5.32 Å². The highest BCUT2D eigenvalue weighted by molar-refractivity contribution is 6.35. The third kappa shape index (κ3) is 3.62. The minimum Gasteiger partial charge on any atom is -0.450 e. The normalized spacial score (nSPS) is 10.7. The molecule has 0 bridgehead atoms. The Morgan fingerprint density at radius 2 is 1.80 bits per heavy atom. The molecule has 0 saturated carbocycles. The number of para-hydroxylation sites is 2. The van der Waals surface area contributed by atoms with Crippen molar-refractivity contribution in [3.63, 3.8) is 0 Å². The first-order valence-corrected chi connectivity index (χ1v) is 8.12. The number of benzene rings is 2. The van der Waals surface area contributed by atoms with Crippen LogP contribution in [0.1, 0.15) is 16.1 Å². The lowest BCUT2D eigenvalue weighted by Crippen LogP contribution is -2.21. The van der Waals surface area contributed by atoms with Gasteiger partial charge in [-0.1, -0.05) is 47.5 Å². The molecule has 0 unspecified atom stereocenters. The van der Waals surface area contributed by atoms with Crippen molar-refractivity contribution in [3.8, 4) is 0 Å². The molecule has 0 aliphatic rings. The predicted octanol–water partition coefficient (Wildman–Crippen LogP) is 4.84. The highest BCUT2D eigenvalue weighted by Gasteiger charge is 2.21. The molecule has 0 spiro atoms. The quantitative estimate of drug-likeness (QED) is 0.660. The van der Waals surface area contributed by atoms with Gasteiger partial charge in [0, 0.05) is 10.9 Å². The van der Waals surface area contributed by atoms with Gasteiger partial charge in [-0.25, -0.2) is 4.79 Å². The van der Waals surface area contributed by atoms with Crippen molar-refractivity contribution >= 4 is 51.7 Å². The number of carbonyl (C=O) groups is 2. The number of carbonyl (C=O) groups excluding carboxylic acids is 2. The van der Waals surface area contributed by atoms with Gasteiger partial charge in [-0.2, -0.15) is 0 Å². The van der Waals surface area contributed by atoms with Gasteiger partial charge in [0.2, 0.25) is 5.76 Å². The first-order chi connectivity index (χ1) is 12.0. The van der Waals surface area contributed by atoms with E-state index in [9.17, 15) is 9.59 Å². The fourth-order valence-electron chi connectivity index (χ4n) is 2.35. The number of halogens is 2. The molecule has 1 amide bonds. The minimum atomic E-state index is -0.737. The van der Waals surface area contributed by atoms with E-state index in [0.717, 1.165) is 5.39 Å². The molecule has 5 nitrogen and oxygen atoms in total. The van der Waals surface area contributed by atoms with E-state index in [1.807, 2.05) is 0 Å². The number of nitrogens with one attached hydrogen (secondary N) is 1. The lowest BCUT2D eigenvalue weighted by atomic mass is 10.1. The molecule has 0 aliphatic heterocycles. The Bertz CT molecular complexity index is 965. The number of furan rings is 1. The van der Waals surface area contributed by atoms with Crippen LogP contribution in [0.2, 0.25) is 10.0 Å². The largest absolute Gasteiger partial charge is 0.450 e. The Morgan fingerprint density at radius 3 is 2.52 bits per heavy atom. The second-order valence-corrected chi connectivity index (χ2v) is 6.09. The molecule has 0 fully saturated rings. The first-order valence-electron chi connectivity index (χ1n) is 7.36. The molecule has 3 aromatic rings. The summed E-state index contributed by atoms with van der Waals surface area (Å²) >= 11 is 12.0. The molecule has 2 aromatic carbocycles. The second-order valence-electron chi connectivity index (χ2n) is 5.28. The van der Waals surface area contributed by atoms with Gasteiger partial charge in [0.1, 0.15) is 0 Å². The number of rotatable bonds is 4. The fraction of sp³-hybridized carbons (Fsp3) is 0.111. The van der Waals surface area contributed by atoms with Crippen LogP contribution in [0, 0.1) is 6.92 Å². The van der Waals surface area contributed by atoms with Crippen LogP contribution in [0.4, 0.5) is 5.69 Å². The minimum absolute atomic E-state index is 0.0219. The summed E-state index contributed by atoms with van der Waals surface area (Å²) in [6.07, 6.45) is 0. The summed E-state index contributed by atoms with van der Waals surface area (Å²) < 4.78 is 10.5. The van der Waals surface area contributed by atoms with Crippen LogP contribution in [0.3, 0.4) is 0 Å². The van der Waals surface area contributed by atoms with Crippen molar-refractivity contribution < 1.29 is 18.7 Å². The summed E-state index contributed by atoms with van der Waals surface area (Å²) in [5, 5.41) is 4.08. The molecule has 128 valence electrons. The van der Waals surface area contributed by atoms with E-state index < -0.39 is 18.5 Å². The van der Waals surface area contributed by atoms with Gasteiger partial charge in [-0.15, -0.1) is 0 Å². The summed E-state index contributed by atoms with van der Waals surface area (Å²) in [6.45, 7) is 1.26. The molecule has 7 heteroatoms. The van der Waals surface area contributed by atoms with Crippen LogP contribution in [0.15, 0.2) is 46.9 Å². The molecule has 1 N–H and O–H groups in total. The number of aryl methyl sites for hydroxylation is 1. The summed E-state index contributed by atoms with van der Waals surface area (Å²) in [6, 6.07) is 12.0. The summed E-state index contributed by atoms with van der Waals surface area (Å²) in [5.74, 6) is -1.22. The Balaban J connectivity index is 1.69. The smallest absolute Gasteiger partial charge is 0.375 e. The number of amides is 1. The van der Waals surface area contributed by atoms with Crippen molar-refractivity contribution in [3.05, 3.63) is 63.8 Å². The molecule has 1 heterocycles. The van der Waals surface area contributed by atoms with E-state index in [1.165, 1.54) is 0 Å². The third-order valence-electron chi connectivity index (χ3n) is 3.58. The summed E-state index contributed by atoms with van der Waals surface area (Å²) in [4.78, 5) is 24.1. The van der Waals surface area contributed by atoms with Crippen molar-refractivity contribution in [2.75, 3.05) is 11.9 Å². The zero-order chi connectivity index (χ0) is 18.0. The predicted molar refractivity (Wildman–Crippen MR) is 96.3 cm³/mol. The monoisotopic (exact) mass is 377 g/mol. The van der Waals surface area contributed by atoms with Gasteiger partial charge in [-0.05, 0) is 25.1 Å². The van der Waals surface area contributed by atoms with E-state index in [4.69, 9.17) is 32.4 Å². The molecule has 0 saturated heterocycles. The molecule has 1 aromatic heterocycles. The fourth-order valence-corrected chi connectivity index (χ4v) is 2.75. The zero-order valence-electron chi connectivity index (χ0n) is 13.1. The average Bonchev–Trinajstić information content (AvgIpc) is 2.93. The topological polar surface area (TPSA) is 68.5 Å². The number of anilines is 1. The van der Waals surface area contributed by atoms with Crippen LogP contribution in [-0.2, 0) is 9.53 Å². The van der Waals surface area contributed by atoms with Crippen molar-refractivity contribution in [2.45, 2.75) is 6.92 Å². The molecule has 25 heavy (non-hydrogen) atoms. The SMILES string of the molecule is Cc1c(C(=O)OCC(=O)Nc2ccccc2Cl)oc2c(Cl)cccc12. The Kier molecular flexibility index (Phi) is 4.97. The standard InChI is InChI=1S/C18H13Cl2NO4/c1-10-11-5-4-7-13(20)17(11)25-16(10)18(23)24-9-15(22)21-14-8-3-2-6-12(14)19/h2-8H,9H2,1H3,(H,21,22). The Hall–Kier alpha value is -2.50. The molecule has 0 atom stereocenters. The van der Waals surface area contributed by atoms with Crippen LogP contribution in [-0.4, -0.2) is 18.5 Å². The molecular formula is C18H13Cl2NO4. The van der Waals surface area contributed by atoms with Gasteiger partial charge in [0.25, 0.3) is 5.91 Å². The third-order valence-corrected chi connectivity index (χ3v) is 4.21. The lowest BCUT2D eigenvalue weighted by molar-refractivity contribution is -0.119. The van der Waals surface area contributed by atoms with Gasteiger partial charge in [-0.3, -0.25) is 4.79 Å². The van der Waals surface area contributed by atoms with E-state index in [0.29, 0.717) is 26.9 Å². The number of hydrogen-bond acceptors (Lipinski definition) is 4. The summed E-state index contributed by atoms with van der Waals surface area (Å²) in [7, 11) is 0. The van der Waals surface area contributed by atoms with Gasteiger partial charge in [0.05, 0.1) is 15.7 Å². The summed E-state index contributed by atoms with van der Waals surface area (Å²) in [5.41, 5.74) is 1.46. The highest BCUT2D eigenvalue weighted by atomic mass is 35.5. The lowest BCUT2D eigenvalue weighted by Gasteiger charge is -2.07. The number of esters is 1. The Morgan fingerprint density at radius 1 is 1.08 bits per heavy atom. The maximum Gasteiger partial charge on any atom is 0.375 e. The van der Waals surface area contributed by atoms with E-state index in [-0.39, 0.29) is 5.76 Å². The van der Waals surface area contributed by atoms with Gasteiger partial charge in [0.15, 0.2) is 12.2 Å². The van der Waals surface area contributed by atoms with E-state index >= 15 is 0 Å². The Labute approximate surface area is 153 Å². The van der Waals surface area contributed by atoms with Crippen molar-refractivity contribution in [2.24, 2.45) is 0 Å². The van der Waals surface area contributed by atoms with Crippen LogP contribution in [0.25, 0.3) is 11.0 Å². The van der Waals surface area contributed by atoms with Crippen LogP contribution < -0.4 is 5.32 Å². The van der Waals surface area contributed by atoms with Crippen molar-refractivity contribution in [1.82, 2.24) is 0 Å². The first kappa shape index (κ1) is 17.3.